The maximum atomic E-state index is 13.4. The van der Waals surface area contributed by atoms with Crippen LogP contribution in [0.25, 0.3) is 0 Å². The summed E-state index contributed by atoms with van der Waals surface area (Å²) in [6, 6.07) is 1.64. The van der Waals surface area contributed by atoms with E-state index in [0.717, 1.165) is 18.9 Å². The van der Waals surface area contributed by atoms with E-state index < -0.39 is 29.0 Å². The number of hydrogen-bond donors (Lipinski definition) is 1. The highest BCUT2D eigenvalue weighted by Crippen LogP contribution is 2.19. The molecule has 0 aliphatic rings. The average Bonchev–Trinajstić information content (AvgIpc) is 2.43. The van der Waals surface area contributed by atoms with Crippen LogP contribution in [0.15, 0.2) is 12.1 Å². The van der Waals surface area contributed by atoms with Crippen molar-refractivity contribution in [3.05, 3.63) is 29.6 Å². The standard InChI is InChI=1S/C14H17F3N2O2/c1-3-4-7-19(9(2)20)8-12(21)18-11-6-5-10(15)13(16)14(11)17/h5-6H,3-4,7-8H2,1-2H3,(H,18,21). The average molecular weight is 302 g/mol. The fourth-order valence-corrected chi connectivity index (χ4v) is 1.68. The quantitative estimate of drug-likeness (QED) is 0.821. The Kier molecular flexibility index (Phi) is 6.20. The van der Waals surface area contributed by atoms with E-state index in [1.54, 1.807) is 0 Å². The molecule has 0 saturated heterocycles. The number of carbonyl (C=O) groups is 2. The summed E-state index contributed by atoms with van der Waals surface area (Å²) in [4.78, 5) is 24.4. The van der Waals surface area contributed by atoms with Gasteiger partial charge in [0, 0.05) is 13.5 Å². The first-order valence-electron chi connectivity index (χ1n) is 6.55. The Hall–Kier alpha value is -2.05. The van der Waals surface area contributed by atoms with Crippen LogP contribution in [-0.2, 0) is 9.59 Å². The minimum atomic E-state index is -1.65. The summed E-state index contributed by atoms with van der Waals surface area (Å²) in [5.41, 5.74) is -0.460. The van der Waals surface area contributed by atoms with Crippen LogP contribution in [-0.4, -0.2) is 29.8 Å². The van der Waals surface area contributed by atoms with Crippen molar-refractivity contribution in [3.8, 4) is 0 Å². The van der Waals surface area contributed by atoms with Gasteiger partial charge in [0.25, 0.3) is 0 Å². The molecule has 0 spiro atoms. The van der Waals surface area contributed by atoms with Crippen molar-refractivity contribution in [2.45, 2.75) is 26.7 Å². The molecule has 0 aromatic heterocycles. The number of halogens is 3. The molecule has 1 N–H and O–H groups in total. The van der Waals surface area contributed by atoms with Crippen molar-refractivity contribution in [2.75, 3.05) is 18.4 Å². The lowest BCUT2D eigenvalue weighted by molar-refractivity contribution is -0.132. The third kappa shape index (κ3) is 4.77. The van der Waals surface area contributed by atoms with Crippen LogP contribution in [0.3, 0.4) is 0 Å². The number of nitrogens with zero attached hydrogens (tertiary/aromatic N) is 1. The molecular formula is C14H17F3N2O2. The van der Waals surface area contributed by atoms with Crippen molar-refractivity contribution in [1.82, 2.24) is 4.90 Å². The van der Waals surface area contributed by atoms with Crippen LogP contribution in [0.1, 0.15) is 26.7 Å². The lowest BCUT2D eigenvalue weighted by Crippen LogP contribution is -2.37. The van der Waals surface area contributed by atoms with E-state index in [9.17, 15) is 22.8 Å². The van der Waals surface area contributed by atoms with E-state index in [-0.39, 0.29) is 12.5 Å². The highest BCUT2D eigenvalue weighted by atomic mass is 19.2. The second-order valence-corrected chi connectivity index (χ2v) is 4.57. The predicted octanol–water partition coefficient (Wildman–Crippen LogP) is 2.69. The molecule has 1 aromatic rings. The third-order valence-corrected chi connectivity index (χ3v) is 2.87. The van der Waals surface area contributed by atoms with Crippen LogP contribution >= 0.6 is 0 Å². The van der Waals surface area contributed by atoms with Gasteiger partial charge in [-0.25, -0.2) is 13.2 Å². The molecule has 0 saturated carbocycles. The van der Waals surface area contributed by atoms with Gasteiger partial charge in [0.2, 0.25) is 11.8 Å². The largest absolute Gasteiger partial charge is 0.334 e. The van der Waals surface area contributed by atoms with Crippen molar-refractivity contribution >= 4 is 17.5 Å². The Morgan fingerprint density at radius 1 is 1.19 bits per heavy atom. The SMILES string of the molecule is CCCCN(CC(=O)Nc1ccc(F)c(F)c1F)C(C)=O. The van der Waals surface area contributed by atoms with E-state index in [4.69, 9.17) is 0 Å². The number of anilines is 1. The normalized spacial score (nSPS) is 10.3. The highest BCUT2D eigenvalue weighted by molar-refractivity contribution is 5.94. The summed E-state index contributed by atoms with van der Waals surface area (Å²) in [6.45, 7) is 3.39. The van der Waals surface area contributed by atoms with Crippen LogP contribution in [0.5, 0.6) is 0 Å². The predicted molar refractivity (Wildman–Crippen MR) is 72.1 cm³/mol. The van der Waals surface area contributed by atoms with Crippen LogP contribution < -0.4 is 5.32 Å². The molecule has 116 valence electrons. The van der Waals surface area contributed by atoms with E-state index in [1.165, 1.54) is 11.8 Å². The van der Waals surface area contributed by atoms with Gasteiger partial charge in [-0.05, 0) is 18.6 Å². The van der Waals surface area contributed by atoms with E-state index in [1.807, 2.05) is 6.92 Å². The van der Waals surface area contributed by atoms with Gasteiger partial charge in [0.15, 0.2) is 17.5 Å². The van der Waals surface area contributed by atoms with Gasteiger partial charge >= 0.3 is 0 Å². The lowest BCUT2D eigenvalue weighted by atomic mass is 10.2. The van der Waals surface area contributed by atoms with Gasteiger partial charge in [0.05, 0.1) is 12.2 Å². The van der Waals surface area contributed by atoms with Gasteiger partial charge in [-0.1, -0.05) is 13.3 Å². The molecule has 0 bridgehead atoms. The van der Waals surface area contributed by atoms with E-state index in [2.05, 4.69) is 5.32 Å². The lowest BCUT2D eigenvalue weighted by Gasteiger charge is -2.20. The number of amides is 2. The zero-order valence-corrected chi connectivity index (χ0v) is 11.9. The van der Waals surface area contributed by atoms with Crippen molar-refractivity contribution in [3.63, 3.8) is 0 Å². The molecule has 2 amide bonds. The molecular weight excluding hydrogens is 285 g/mol. The Balaban J connectivity index is 2.72. The maximum absolute atomic E-state index is 13.4. The minimum absolute atomic E-state index is 0.270. The Bertz CT molecular complexity index is 535. The maximum Gasteiger partial charge on any atom is 0.244 e. The second-order valence-electron chi connectivity index (χ2n) is 4.57. The van der Waals surface area contributed by atoms with Gasteiger partial charge in [-0.3, -0.25) is 9.59 Å². The zero-order valence-electron chi connectivity index (χ0n) is 11.9. The van der Waals surface area contributed by atoms with Crippen LogP contribution in [0, 0.1) is 17.5 Å². The van der Waals surface area contributed by atoms with Crippen LogP contribution in [0.2, 0.25) is 0 Å². The number of nitrogens with one attached hydrogen (secondary N) is 1. The second kappa shape index (κ2) is 7.66. The summed E-state index contributed by atoms with van der Waals surface area (Å²) in [7, 11) is 0. The van der Waals surface area contributed by atoms with E-state index in [0.29, 0.717) is 12.6 Å². The summed E-state index contributed by atoms with van der Waals surface area (Å²) < 4.78 is 39.2. The highest BCUT2D eigenvalue weighted by Gasteiger charge is 2.17. The third-order valence-electron chi connectivity index (χ3n) is 2.87. The number of hydrogen-bond acceptors (Lipinski definition) is 2. The molecule has 7 heteroatoms. The topological polar surface area (TPSA) is 49.4 Å². The van der Waals surface area contributed by atoms with Crippen LogP contribution in [0.4, 0.5) is 18.9 Å². The fourth-order valence-electron chi connectivity index (χ4n) is 1.68. The molecule has 21 heavy (non-hydrogen) atoms. The zero-order chi connectivity index (χ0) is 16.0. The molecule has 0 atom stereocenters. The fraction of sp³-hybridized carbons (Fsp3) is 0.429. The van der Waals surface area contributed by atoms with Gasteiger partial charge in [-0.15, -0.1) is 0 Å². The smallest absolute Gasteiger partial charge is 0.244 e. The Morgan fingerprint density at radius 2 is 1.86 bits per heavy atom. The molecule has 0 aliphatic heterocycles. The Labute approximate surface area is 120 Å². The number of rotatable bonds is 6. The first-order chi connectivity index (χ1) is 9.86. The number of carbonyl (C=O) groups excluding carboxylic acids is 2. The van der Waals surface area contributed by atoms with Gasteiger partial charge in [-0.2, -0.15) is 0 Å². The summed E-state index contributed by atoms with van der Waals surface area (Å²) in [6.07, 6.45) is 1.58. The van der Waals surface area contributed by atoms with Gasteiger partial charge in [0.1, 0.15) is 0 Å². The van der Waals surface area contributed by atoms with Crippen molar-refractivity contribution < 1.29 is 22.8 Å². The van der Waals surface area contributed by atoms with Crippen molar-refractivity contribution in [1.29, 1.82) is 0 Å². The first-order valence-corrected chi connectivity index (χ1v) is 6.55. The molecule has 0 radical (unpaired) electrons. The summed E-state index contributed by atoms with van der Waals surface area (Å²) in [5, 5.41) is 2.13. The molecule has 0 fully saturated rings. The molecule has 0 aliphatic carbocycles. The monoisotopic (exact) mass is 302 g/mol. The molecule has 1 aromatic carbocycles. The molecule has 1 rings (SSSR count). The molecule has 0 unspecified atom stereocenters. The summed E-state index contributed by atoms with van der Waals surface area (Å²) in [5.74, 6) is -5.41. The van der Waals surface area contributed by atoms with Gasteiger partial charge < -0.3 is 10.2 Å². The molecule has 4 nitrogen and oxygen atoms in total. The molecule has 0 heterocycles. The van der Waals surface area contributed by atoms with E-state index >= 15 is 0 Å². The first kappa shape index (κ1) is 17.0. The summed E-state index contributed by atoms with van der Waals surface area (Å²) >= 11 is 0. The number of unbranched alkanes of at least 4 members (excludes halogenated alkanes) is 1. The number of benzene rings is 1. The Morgan fingerprint density at radius 3 is 2.43 bits per heavy atom. The minimum Gasteiger partial charge on any atom is -0.334 e. The van der Waals surface area contributed by atoms with Crippen molar-refractivity contribution in [2.24, 2.45) is 0 Å².